The van der Waals surface area contributed by atoms with E-state index in [9.17, 15) is 4.39 Å². The lowest BCUT2D eigenvalue weighted by molar-refractivity contribution is 0.286. The zero-order valence-electron chi connectivity index (χ0n) is 14.0. The zero-order valence-corrected chi connectivity index (χ0v) is 14.0. The van der Waals surface area contributed by atoms with Crippen LogP contribution in [0.3, 0.4) is 0 Å². The Labute approximate surface area is 129 Å². The highest BCUT2D eigenvalue weighted by Gasteiger charge is 2.26. The standard InChI is InChI=1S/C19H30FN/c1-14-9-10-18(20)12-16(14)11-17(13-21-19(2,3)4)15-7-5-6-8-15/h9-10,12,15,17,21H,5-8,11,13H2,1-4H3. The normalized spacial score (nSPS) is 18.1. The fraction of sp³-hybridized carbons (Fsp3) is 0.684. The van der Waals surface area contributed by atoms with Crippen molar-refractivity contribution in [3.63, 3.8) is 0 Å². The number of aryl methyl sites for hydroxylation is 1. The van der Waals surface area contributed by atoms with Crippen molar-refractivity contribution < 1.29 is 4.39 Å². The van der Waals surface area contributed by atoms with Crippen molar-refractivity contribution in [2.24, 2.45) is 11.8 Å². The highest BCUT2D eigenvalue weighted by atomic mass is 19.1. The molecule has 1 unspecified atom stereocenters. The Morgan fingerprint density at radius 1 is 1.24 bits per heavy atom. The van der Waals surface area contributed by atoms with Crippen molar-refractivity contribution in [2.45, 2.75) is 65.3 Å². The molecular formula is C19H30FN. The largest absolute Gasteiger partial charge is 0.312 e. The number of halogens is 1. The van der Waals surface area contributed by atoms with Crippen LogP contribution in [0.1, 0.15) is 57.6 Å². The molecule has 0 amide bonds. The summed E-state index contributed by atoms with van der Waals surface area (Å²) >= 11 is 0. The predicted molar refractivity (Wildman–Crippen MR) is 88.0 cm³/mol. The van der Waals surface area contributed by atoms with E-state index >= 15 is 0 Å². The first-order valence-corrected chi connectivity index (χ1v) is 8.35. The topological polar surface area (TPSA) is 12.0 Å². The van der Waals surface area contributed by atoms with E-state index in [4.69, 9.17) is 0 Å². The zero-order chi connectivity index (χ0) is 15.5. The molecular weight excluding hydrogens is 261 g/mol. The van der Waals surface area contributed by atoms with Crippen LogP contribution in [0.25, 0.3) is 0 Å². The minimum Gasteiger partial charge on any atom is -0.312 e. The number of rotatable bonds is 5. The third-order valence-electron chi connectivity index (χ3n) is 4.75. The summed E-state index contributed by atoms with van der Waals surface area (Å²) < 4.78 is 13.5. The molecule has 0 saturated heterocycles. The van der Waals surface area contributed by atoms with Crippen molar-refractivity contribution >= 4 is 0 Å². The molecule has 1 N–H and O–H groups in total. The second kappa shape index (κ2) is 6.91. The molecule has 1 aliphatic rings. The van der Waals surface area contributed by atoms with Crippen LogP contribution in [0.5, 0.6) is 0 Å². The van der Waals surface area contributed by atoms with Crippen LogP contribution in [-0.4, -0.2) is 12.1 Å². The quantitative estimate of drug-likeness (QED) is 0.816. The molecule has 1 fully saturated rings. The molecule has 1 aromatic rings. The third kappa shape index (κ3) is 5.10. The summed E-state index contributed by atoms with van der Waals surface area (Å²) in [4.78, 5) is 0. The molecule has 0 spiro atoms. The molecule has 0 heterocycles. The van der Waals surface area contributed by atoms with Gasteiger partial charge < -0.3 is 5.32 Å². The van der Waals surface area contributed by atoms with Crippen LogP contribution in [0.15, 0.2) is 18.2 Å². The Morgan fingerprint density at radius 2 is 1.90 bits per heavy atom. The minimum atomic E-state index is -0.107. The molecule has 2 rings (SSSR count). The number of nitrogens with one attached hydrogen (secondary N) is 1. The maximum atomic E-state index is 13.5. The minimum absolute atomic E-state index is 0.107. The molecule has 1 aliphatic carbocycles. The first kappa shape index (κ1) is 16.5. The number of hydrogen-bond acceptors (Lipinski definition) is 1. The summed E-state index contributed by atoms with van der Waals surface area (Å²) in [5.41, 5.74) is 2.55. The average Bonchev–Trinajstić information content (AvgIpc) is 2.91. The van der Waals surface area contributed by atoms with Crippen molar-refractivity contribution in [3.8, 4) is 0 Å². The SMILES string of the molecule is Cc1ccc(F)cc1CC(CNC(C)(C)C)C1CCCC1. The second-order valence-electron chi connectivity index (χ2n) is 7.71. The van der Waals surface area contributed by atoms with Crippen LogP contribution in [0.4, 0.5) is 4.39 Å². The van der Waals surface area contributed by atoms with E-state index < -0.39 is 0 Å². The fourth-order valence-electron chi connectivity index (χ4n) is 3.41. The molecule has 1 aromatic carbocycles. The Kier molecular flexibility index (Phi) is 5.43. The van der Waals surface area contributed by atoms with Gasteiger partial charge in [-0.15, -0.1) is 0 Å². The molecule has 1 saturated carbocycles. The number of hydrogen-bond donors (Lipinski definition) is 1. The lowest BCUT2D eigenvalue weighted by atomic mass is 9.84. The molecule has 0 aromatic heterocycles. The van der Waals surface area contributed by atoms with Crippen LogP contribution in [0, 0.1) is 24.6 Å². The Hall–Kier alpha value is -0.890. The highest BCUT2D eigenvalue weighted by Crippen LogP contribution is 2.33. The summed E-state index contributed by atoms with van der Waals surface area (Å²) in [6, 6.07) is 5.21. The van der Waals surface area contributed by atoms with Gasteiger partial charge in [0.2, 0.25) is 0 Å². The van der Waals surface area contributed by atoms with E-state index in [0.29, 0.717) is 5.92 Å². The van der Waals surface area contributed by atoms with Crippen LogP contribution in [0.2, 0.25) is 0 Å². The monoisotopic (exact) mass is 291 g/mol. The molecule has 1 nitrogen and oxygen atoms in total. The van der Waals surface area contributed by atoms with Crippen molar-refractivity contribution in [1.29, 1.82) is 0 Å². The lowest BCUT2D eigenvalue weighted by Gasteiger charge is -2.29. The van der Waals surface area contributed by atoms with Crippen LogP contribution in [-0.2, 0) is 6.42 Å². The first-order valence-electron chi connectivity index (χ1n) is 8.35. The maximum Gasteiger partial charge on any atom is 0.123 e. The third-order valence-corrected chi connectivity index (χ3v) is 4.75. The van der Waals surface area contributed by atoms with Crippen molar-refractivity contribution in [1.82, 2.24) is 5.32 Å². The summed E-state index contributed by atoms with van der Waals surface area (Å²) in [7, 11) is 0. The van der Waals surface area contributed by atoms with E-state index in [-0.39, 0.29) is 11.4 Å². The summed E-state index contributed by atoms with van der Waals surface area (Å²) in [5.74, 6) is 1.30. The molecule has 118 valence electrons. The maximum absolute atomic E-state index is 13.5. The Morgan fingerprint density at radius 3 is 2.52 bits per heavy atom. The molecule has 0 radical (unpaired) electrons. The Bertz CT molecular complexity index is 455. The van der Waals surface area contributed by atoms with E-state index in [0.717, 1.165) is 18.9 Å². The van der Waals surface area contributed by atoms with E-state index in [1.54, 1.807) is 12.1 Å². The van der Waals surface area contributed by atoms with Gasteiger partial charge in [0, 0.05) is 5.54 Å². The molecule has 0 aliphatic heterocycles. The van der Waals surface area contributed by atoms with E-state index in [1.165, 1.54) is 36.8 Å². The summed E-state index contributed by atoms with van der Waals surface area (Å²) in [6.45, 7) is 9.77. The molecule has 0 bridgehead atoms. The highest BCUT2D eigenvalue weighted by molar-refractivity contribution is 5.27. The number of benzene rings is 1. The van der Waals surface area contributed by atoms with Crippen LogP contribution >= 0.6 is 0 Å². The van der Waals surface area contributed by atoms with Gasteiger partial charge in [-0.2, -0.15) is 0 Å². The Balaban J connectivity index is 2.09. The van der Waals surface area contributed by atoms with Gasteiger partial charge in [0.05, 0.1) is 0 Å². The van der Waals surface area contributed by atoms with Crippen LogP contribution < -0.4 is 5.32 Å². The smallest absolute Gasteiger partial charge is 0.123 e. The lowest BCUT2D eigenvalue weighted by Crippen LogP contribution is -2.41. The summed E-state index contributed by atoms with van der Waals surface area (Å²) in [5, 5.41) is 3.66. The van der Waals surface area contributed by atoms with Gasteiger partial charge in [0.15, 0.2) is 0 Å². The molecule has 21 heavy (non-hydrogen) atoms. The average molecular weight is 291 g/mol. The first-order chi connectivity index (χ1) is 9.85. The molecule has 1 atom stereocenters. The van der Waals surface area contributed by atoms with Gasteiger partial charge >= 0.3 is 0 Å². The fourth-order valence-corrected chi connectivity index (χ4v) is 3.41. The van der Waals surface area contributed by atoms with Gasteiger partial charge in [-0.05, 0) is 75.8 Å². The predicted octanol–water partition coefficient (Wildman–Crippen LogP) is 4.87. The summed E-state index contributed by atoms with van der Waals surface area (Å²) in [6.07, 6.45) is 6.39. The van der Waals surface area contributed by atoms with Gasteiger partial charge in [-0.3, -0.25) is 0 Å². The second-order valence-corrected chi connectivity index (χ2v) is 7.71. The molecule has 2 heteroatoms. The van der Waals surface area contributed by atoms with Crippen molar-refractivity contribution in [2.75, 3.05) is 6.54 Å². The van der Waals surface area contributed by atoms with Gasteiger partial charge in [0.25, 0.3) is 0 Å². The van der Waals surface area contributed by atoms with Gasteiger partial charge in [-0.1, -0.05) is 31.7 Å². The van der Waals surface area contributed by atoms with Gasteiger partial charge in [0.1, 0.15) is 5.82 Å². The van der Waals surface area contributed by atoms with E-state index in [2.05, 4.69) is 33.0 Å². The van der Waals surface area contributed by atoms with Gasteiger partial charge in [-0.25, -0.2) is 4.39 Å². The van der Waals surface area contributed by atoms with E-state index in [1.807, 2.05) is 6.07 Å². The van der Waals surface area contributed by atoms with Crippen molar-refractivity contribution in [3.05, 3.63) is 35.1 Å².